The minimum Gasteiger partial charge on any atom is -0.330 e. The molecule has 0 radical (unpaired) electrons. The first-order valence-electron chi connectivity index (χ1n) is 7.01. The van der Waals surface area contributed by atoms with Crippen LogP contribution in [0.1, 0.15) is 29.1 Å². The number of imidazole rings is 1. The molecule has 2 heterocycles. The number of aryl methyl sites for hydroxylation is 2. The van der Waals surface area contributed by atoms with Crippen molar-refractivity contribution in [1.82, 2.24) is 14.9 Å². The zero-order valence-corrected chi connectivity index (χ0v) is 12.0. The summed E-state index contributed by atoms with van der Waals surface area (Å²) in [5, 5.41) is 3.22. The van der Waals surface area contributed by atoms with Gasteiger partial charge in [0, 0.05) is 17.8 Å². The van der Waals surface area contributed by atoms with Crippen molar-refractivity contribution < 1.29 is 0 Å². The number of nitrogens with zero attached hydrogens (tertiary/aromatic N) is 2. The lowest BCUT2D eigenvalue weighted by molar-refractivity contribution is 0.653. The van der Waals surface area contributed by atoms with Crippen molar-refractivity contribution >= 4 is 0 Å². The van der Waals surface area contributed by atoms with E-state index in [1.54, 1.807) is 0 Å². The summed E-state index contributed by atoms with van der Waals surface area (Å²) in [6.45, 7) is 6.29. The van der Waals surface area contributed by atoms with Gasteiger partial charge >= 0.3 is 0 Å². The molecule has 0 bridgehead atoms. The van der Waals surface area contributed by atoms with Gasteiger partial charge in [0.2, 0.25) is 0 Å². The zero-order valence-electron chi connectivity index (χ0n) is 12.0. The summed E-state index contributed by atoms with van der Waals surface area (Å²) in [6, 6.07) is 6.66. The summed E-state index contributed by atoms with van der Waals surface area (Å²) in [4.78, 5) is 4.86. The number of rotatable bonds is 3. The predicted molar refractivity (Wildman–Crippen MR) is 78.2 cm³/mol. The lowest BCUT2D eigenvalue weighted by Gasteiger charge is -2.04. The van der Waals surface area contributed by atoms with Gasteiger partial charge in [-0.3, -0.25) is 0 Å². The summed E-state index contributed by atoms with van der Waals surface area (Å²) in [6.07, 6.45) is 2.39. The van der Waals surface area contributed by atoms with Gasteiger partial charge in [0.05, 0.1) is 12.2 Å². The van der Waals surface area contributed by atoms with E-state index >= 15 is 0 Å². The Hall–Kier alpha value is -1.61. The van der Waals surface area contributed by atoms with E-state index < -0.39 is 0 Å². The maximum Gasteiger partial charge on any atom is 0.123 e. The highest BCUT2D eigenvalue weighted by molar-refractivity contribution is 5.64. The number of hydrogen-bond acceptors (Lipinski definition) is 2. The van der Waals surface area contributed by atoms with E-state index in [1.807, 2.05) is 7.05 Å². The van der Waals surface area contributed by atoms with Gasteiger partial charge in [-0.25, -0.2) is 4.98 Å². The van der Waals surface area contributed by atoms with Crippen molar-refractivity contribution in [3.8, 4) is 11.3 Å². The van der Waals surface area contributed by atoms with Crippen molar-refractivity contribution in [3.05, 3.63) is 40.8 Å². The summed E-state index contributed by atoms with van der Waals surface area (Å²) in [5.74, 6) is 1.17. The number of benzene rings is 1. The molecule has 0 unspecified atom stereocenters. The molecule has 3 heteroatoms. The zero-order chi connectivity index (χ0) is 13.4. The normalized spacial score (nSPS) is 13.8. The summed E-state index contributed by atoms with van der Waals surface area (Å²) in [5.41, 5.74) is 6.54. The fourth-order valence-electron chi connectivity index (χ4n) is 2.87. The highest BCUT2D eigenvalue weighted by Crippen LogP contribution is 2.30. The van der Waals surface area contributed by atoms with Crippen LogP contribution in [0.15, 0.2) is 18.2 Å². The van der Waals surface area contributed by atoms with Gasteiger partial charge in [-0.2, -0.15) is 0 Å². The second kappa shape index (κ2) is 4.82. The third-order valence-electron chi connectivity index (χ3n) is 4.06. The number of nitrogens with one attached hydrogen (secondary N) is 1. The molecule has 1 aromatic heterocycles. The smallest absolute Gasteiger partial charge is 0.123 e. The Bertz CT molecular complexity index is 611. The minimum absolute atomic E-state index is 0.845. The fourth-order valence-corrected chi connectivity index (χ4v) is 2.87. The molecule has 1 aliphatic heterocycles. The molecule has 1 N–H and O–H groups in total. The topological polar surface area (TPSA) is 29.9 Å². The second-order valence-corrected chi connectivity index (χ2v) is 5.41. The maximum atomic E-state index is 4.86. The van der Waals surface area contributed by atoms with E-state index in [2.05, 4.69) is 41.9 Å². The number of aromatic nitrogens is 2. The predicted octanol–water partition coefficient (Wildman–Crippen LogP) is 2.83. The summed E-state index contributed by atoms with van der Waals surface area (Å²) >= 11 is 0. The first kappa shape index (κ1) is 12.4. The molecular formula is C16H21N3. The van der Waals surface area contributed by atoms with Gasteiger partial charge in [0.15, 0.2) is 0 Å². The van der Waals surface area contributed by atoms with Gasteiger partial charge in [-0.05, 0) is 50.9 Å². The molecule has 100 valence electrons. The molecule has 2 aromatic rings. The third kappa shape index (κ3) is 2.08. The first-order chi connectivity index (χ1) is 9.20. The van der Waals surface area contributed by atoms with Gasteiger partial charge in [-0.15, -0.1) is 0 Å². The standard InChI is InChI=1S/C16H21N3/c1-11-6-7-13(9-12(11)2)16-14-5-4-8-19(14)15(18-16)10-17-3/h6-7,9,17H,4-5,8,10H2,1-3H3. The quantitative estimate of drug-likeness (QED) is 0.914. The SMILES string of the molecule is CNCc1nc(-c2ccc(C)c(C)c2)c2n1CCC2. The Morgan fingerprint density at radius 1 is 1.26 bits per heavy atom. The summed E-state index contributed by atoms with van der Waals surface area (Å²) in [7, 11) is 1.98. The minimum atomic E-state index is 0.845. The van der Waals surface area contributed by atoms with E-state index in [4.69, 9.17) is 4.98 Å². The van der Waals surface area contributed by atoms with Crippen LogP contribution in [0.3, 0.4) is 0 Å². The van der Waals surface area contributed by atoms with Gasteiger partial charge in [0.1, 0.15) is 5.82 Å². The lowest BCUT2D eigenvalue weighted by Crippen LogP contribution is -2.11. The molecule has 3 rings (SSSR count). The van der Waals surface area contributed by atoms with Crippen LogP contribution in [0.5, 0.6) is 0 Å². The fraction of sp³-hybridized carbons (Fsp3) is 0.438. The third-order valence-corrected chi connectivity index (χ3v) is 4.06. The van der Waals surface area contributed by atoms with Gasteiger partial charge in [0.25, 0.3) is 0 Å². The van der Waals surface area contributed by atoms with Crippen molar-refractivity contribution in [2.45, 2.75) is 39.8 Å². The van der Waals surface area contributed by atoms with Crippen molar-refractivity contribution in [2.75, 3.05) is 7.05 Å². The Kier molecular flexibility index (Phi) is 3.15. The molecule has 3 nitrogen and oxygen atoms in total. The highest BCUT2D eigenvalue weighted by atomic mass is 15.1. The van der Waals surface area contributed by atoms with Crippen LogP contribution in [0.2, 0.25) is 0 Å². The molecule has 19 heavy (non-hydrogen) atoms. The van der Waals surface area contributed by atoms with Crippen LogP contribution < -0.4 is 5.32 Å². The molecule has 0 fully saturated rings. The van der Waals surface area contributed by atoms with Gasteiger partial charge < -0.3 is 9.88 Å². The molecule has 0 amide bonds. The molecule has 1 aromatic carbocycles. The second-order valence-electron chi connectivity index (χ2n) is 5.41. The van der Waals surface area contributed by atoms with Crippen LogP contribution in [-0.2, 0) is 19.5 Å². The van der Waals surface area contributed by atoms with Crippen LogP contribution in [0, 0.1) is 13.8 Å². The highest BCUT2D eigenvalue weighted by Gasteiger charge is 2.21. The largest absolute Gasteiger partial charge is 0.330 e. The average Bonchev–Trinajstić information content (AvgIpc) is 2.97. The summed E-state index contributed by atoms with van der Waals surface area (Å²) < 4.78 is 2.39. The van der Waals surface area contributed by atoms with E-state index in [1.165, 1.54) is 40.3 Å². The first-order valence-corrected chi connectivity index (χ1v) is 7.01. The average molecular weight is 255 g/mol. The Labute approximate surface area is 114 Å². The van der Waals surface area contributed by atoms with Crippen molar-refractivity contribution in [2.24, 2.45) is 0 Å². The van der Waals surface area contributed by atoms with E-state index in [9.17, 15) is 0 Å². The Morgan fingerprint density at radius 3 is 2.84 bits per heavy atom. The van der Waals surface area contributed by atoms with E-state index in [0.29, 0.717) is 0 Å². The molecular weight excluding hydrogens is 234 g/mol. The molecule has 0 spiro atoms. The molecule has 0 saturated heterocycles. The lowest BCUT2D eigenvalue weighted by atomic mass is 10.0. The molecule has 0 aliphatic carbocycles. The number of fused-ring (bicyclic) bond motifs is 1. The molecule has 1 aliphatic rings. The Morgan fingerprint density at radius 2 is 2.11 bits per heavy atom. The molecule has 0 atom stereocenters. The van der Waals surface area contributed by atoms with E-state index in [0.717, 1.165) is 19.5 Å². The Balaban J connectivity index is 2.09. The monoisotopic (exact) mass is 255 g/mol. The van der Waals surface area contributed by atoms with Crippen molar-refractivity contribution in [3.63, 3.8) is 0 Å². The number of hydrogen-bond donors (Lipinski definition) is 1. The van der Waals surface area contributed by atoms with Gasteiger partial charge in [-0.1, -0.05) is 12.1 Å². The van der Waals surface area contributed by atoms with Crippen LogP contribution in [-0.4, -0.2) is 16.6 Å². The van der Waals surface area contributed by atoms with Crippen LogP contribution in [0.25, 0.3) is 11.3 Å². The van der Waals surface area contributed by atoms with E-state index in [-0.39, 0.29) is 0 Å². The maximum absolute atomic E-state index is 4.86. The van der Waals surface area contributed by atoms with Crippen molar-refractivity contribution in [1.29, 1.82) is 0 Å². The molecule has 0 saturated carbocycles. The van der Waals surface area contributed by atoms with Crippen LogP contribution >= 0.6 is 0 Å². The van der Waals surface area contributed by atoms with Crippen LogP contribution in [0.4, 0.5) is 0 Å².